The lowest BCUT2D eigenvalue weighted by Crippen LogP contribution is -2.41. The van der Waals surface area contributed by atoms with E-state index in [1.54, 1.807) is 14.2 Å². The molecule has 3 atom stereocenters. The van der Waals surface area contributed by atoms with E-state index in [0.29, 0.717) is 17.7 Å². The van der Waals surface area contributed by atoms with Crippen LogP contribution in [0.25, 0.3) is 22.6 Å². The van der Waals surface area contributed by atoms with E-state index in [1.165, 1.54) is 63.1 Å². The van der Waals surface area contributed by atoms with Crippen molar-refractivity contribution in [2.24, 2.45) is 18.9 Å². The molecule has 0 bridgehead atoms. The molecule has 7 nitrogen and oxygen atoms in total. The molecule has 0 N–H and O–H groups in total. The number of hydrogen-bond acceptors (Lipinski definition) is 6. The van der Waals surface area contributed by atoms with Crippen LogP contribution in [0.4, 0.5) is 0 Å². The molecule has 0 amide bonds. The smallest absolute Gasteiger partial charge is 0.161 e. The Bertz CT molecular complexity index is 1300. The van der Waals surface area contributed by atoms with Gasteiger partial charge in [-0.1, -0.05) is 0 Å². The fraction of sp³-hybridized carbons (Fsp3) is 0.613. The molecule has 204 valence electrons. The standard InChI is InChI=1S/C31H43N5O2/c1-19(2)36-17-23-14-25(15-24(23)18-36)35-11-9-21(10-12-35)26-13-20(3)29-31(32-26)34(4)30(33-29)22-7-8-27(37-5)28(16-22)38-6/h7-8,13,16,19,21,23-25H,9-12,14-15,17-18H2,1-6H3/t23-,24+,25?. The molecule has 2 saturated heterocycles. The molecular weight excluding hydrogens is 474 g/mol. The largest absolute Gasteiger partial charge is 0.493 e. The van der Waals surface area contributed by atoms with E-state index in [9.17, 15) is 0 Å². The predicted octanol–water partition coefficient (Wildman–Crippen LogP) is 5.26. The van der Waals surface area contributed by atoms with Gasteiger partial charge in [0.1, 0.15) is 11.3 Å². The van der Waals surface area contributed by atoms with Gasteiger partial charge in [-0.05, 0) is 101 Å². The summed E-state index contributed by atoms with van der Waals surface area (Å²) in [6.45, 7) is 11.9. The molecule has 3 fully saturated rings. The van der Waals surface area contributed by atoms with Crippen molar-refractivity contribution in [2.45, 2.75) is 64.5 Å². The highest BCUT2D eigenvalue weighted by molar-refractivity contribution is 5.81. The number of ether oxygens (including phenoxy) is 2. The van der Waals surface area contributed by atoms with Crippen molar-refractivity contribution in [3.63, 3.8) is 0 Å². The fourth-order valence-corrected chi connectivity index (χ4v) is 7.35. The minimum absolute atomic E-state index is 0.520. The molecule has 4 heterocycles. The Hall–Kier alpha value is -2.64. The first-order valence-corrected chi connectivity index (χ1v) is 14.4. The monoisotopic (exact) mass is 517 g/mol. The number of benzene rings is 1. The Balaban J connectivity index is 1.16. The third kappa shape index (κ3) is 4.47. The van der Waals surface area contributed by atoms with Crippen molar-refractivity contribution < 1.29 is 9.47 Å². The summed E-state index contributed by atoms with van der Waals surface area (Å²) in [5.74, 6) is 4.67. The molecule has 1 aliphatic carbocycles. The van der Waals surface area contributed by atoms with Gasteiger partial charge in [-0.25, -0.2) is 9.97 Å². The zero-order valence-corrected chi connectivity index (χ0v) is 23.9. The summed E-state index contributed by atoms with van der Waals surface area (Å²) >= 11 is 0. The summed E-state index contributed by atoms with van der Waals surface area (Å²) in [6.07, 6.45) is 5.19. The Morgan fingerprint density at radius 1 is 0.921 bits per heavy atom. The van der Waals surface area contributed by atoms with E-state index in [4.69, 9.17) is 19.4 Å². The number of fused-ring (bicyclic) bond motifs is 2. The van der Waals surface area contributed by atoms with E-state index >= 15 is 0 Å². The highest BCUT2D eigenvalue weighted by Gasteiger charge is 2.43. The average molecular weight is 518 g/mol. The predicted molar refractivity (Wildman–Crippen MR) is 152 cm³/mol. The Kier molecular flexibility index (Phi) is 6.85. The van der Waals surface area contributed by atoms with Gasteiger partial charge in [0.05, 0.1) is 14.2 Å². The van der Waals surface area contributed by atoms with Crippen LogP contribution in [0, 0.1) is 18.8 Å². The number of imidazole rings is 1. The number of pyridine rings is 1. The normalized spacial score (nSPS) is 25.0. The lowest BCUT2D eigenvalue weighted by molar-refractivity contribution is 0.139. The van der Waals surface area contributed by atoms with Gasteiger partial charge in [-0.15, -0.1) is 0 Å². The SMILES string of the molecule is COc1ccc(-c2nc3c(C)cc(C4CCN(C5C[C@@H]6CN(C(C)C)C[C@@H]6C5)CC4)nc3n2C)cc1OC. The maximum absolute atomic E-state index is 5.53. The molecule has 6 rings (SSSR count). The summed E-state index contributed by atoms with van der Waals surface area (Å²) in [7, 11) is 5.39. The van der Waals surface area contributed by atoms with Gasteiger partial charge in [0.15, 0.2) is 17.1 Å². The van der Waals surface area contributed by atoms with Crippen LogP contribution < -0.4 is 9.47 Å². The number of piperidine rings is 1. The second kappa shape index (κ2) is 10.2. The molecule has 38 heavy (non-hydrogen) atoms. The molecular formula is C31H43N5O2. The van der Waals surface area contributed by atoms with Crippen LogP contribution in [0.1, 0.15) is 56.7 Å². The van der Waals surface area contributed by atoms with Crippen molar-refractivity contribution >= 4 is 11.2 Å². The van der Waals surface area contributed by atoms with E-state index in [-0.39, 0.29) is 0 Å². The van der Waals surface area contributed by atoms with E-state index in [2.05, 4.69) is 48.3 Å². The van der Waals surface area contributed by atoms with Gasteiger partial charge in [0.25, 0.3) is 0 Å². The number of methoxy groups -OCH3 is 2. The van der Waals surface area contributed by atoms with Crippen LogP contribution in [0.5, 0.6) is 11.5 Å². The van der Waals surface area contributed by atoms with E-state index in [1.807, 2.05) is 18.2 Å². The number of likely N-dealkylation sites (tertiary alicyclic amines) is 2. The quantitative estimate of drug-likeness (QED) is 0.445. The zero-order valence-electron chi connectivity index (χ0n) is 23.9. The van der Waals surface area contributed by atoms with E-state index < -0.39 is 0 Å². The molecule has 3 aliphatic rings. The number of hydrogen-bond donors (Lipinski definition) is 0. The minimum atomic E-state index is 0.520. The van der Waals surface area contributed by atoms with E-state index in [0.717, 1.165) is 46.2 Å². The molecule has 7 heteroatoms. The summed E-state index contributed by atoms with van der Waals surface area (Å²) in [5.41, 5.74) is 5.37. The number of aromatic nitrogens is 3. The molecule has 3 aromatic rings. The van der Waals surface area contributed by atoms with Crippen molar-refractivity contribution in [3.05, 3.63) is 35.5 Å². The molecule has 1 aromatic carbocycles. The Morgan fingerprint density at radius 3 is 2.24 bits per heavy atom. The van der Waals surface area contributed by atoms with Gasteiger partial charge in [0, 0.05) is 49.4 Å². The minimum Gasteiger partial charge on any atom is -0.493 e. The maximum atomic E-state index is 5.53. The topological polar surface area (TPSA) is 55.7 Å². The first-order chi connectivity index (χ1) is 18.4. The highest BCUT2D eigenvalue weighted by Crippen LogP contribution is 2.42. The van der Waals surface area contributed by atoms with Crippen LogP contribution in [0.15, 0.2) is 24.3 Å². The van der Waals surface area contributed by atoms with Crippen LogP contribution in [0.2, 0.25) is 0 Å². The first kappa shape index (κ1) is 25.6. The highest BCUT2D eigenvalue weighted by atomic mass is 16.5. The summed E-state index contributed by atoms with van der Waals surface area (Å²) in [4.78, 5) is 15.7. The molecule has 0 radical (unpaired) electrons. The van der Waals surface area contributed by atoms with Gasteiger partial charge in [-0.2, -0.15) is 0 Å². The zero-order chi connectivity index (χ0) is 26.6. The van der Waals surface area contributed by atoms with Gasteiger partial charge in [0.2, 0.25) is 0 Å². The summed E-state index contributed by atoms with van der Waals surface area (Å²) < 4.78 is 13.1. The lowest BCUT2D eigenvalue weighted by atomic mass is 9.91. The second-order valence-electron chi connectivity index (χ2n) is 12.1. The summed E-state index contributed by atoms with van der Waals surface area (Å²) in [6, 6.07) is 9.73. The molecule has 2 aromatic heterocycles. The van der Waals surface area contributed by atoms with Crippen LogP contribution in [0.3, 0.4) is 0 Å². The number of aryl methyl sites for hydroxylation is 2. The molecule has 2 aliphatic heterocycles. The third-order valence-electron chi connectivity index (χ3n) is 9.63. The molecule has 1 saturated carbocycles. The molecule has 0 spiro atoms. The summed E-state index contributed by atoms with van der Waals surface area (Å²) in [5, 5.41) is 0. The average Bonchev–Trinajstić information content (AvgIpc) is 3.61. The van der Waals surface area contributed by atoms with Gasteiger partial charge >= 0.3 is 0 Å². The van der Waals surface area contributed by atoms with Crippen molar-refractivity contribution in [3.8, 4) is 22.9 Å². The fourth-order valence-electron chi connectivity index (χ4n) is 7.35. The van der Waals surface area contributed by atoms with Crippen molar-refractivity contribution in [1.82, 2.24) is 24.3 Å². The van der Waals surface area contributed by atoms with Crippen molar-refractivity contribution in [2.75, 3.05) is 40.4 Å². The number of rotatable bonds is 6. The lowest BCUT2D eigenvalue weighted by Gasteiger charge is -2.36. The van der Waals surface area contributed by atoms with Gasteiger partial charge < -0.3 is 23.8 Å². The Morgan fingerprint density at radius 2 is 1.61 bits per heavy atom. The van der Waals surface area contributed by atoms with Crippen LogP contribution in [-0.4, -0.2) is 76.8 Å². The van der Waals surface area contributed by atoms with Crippen molar-refractivity contribution in [1.29, 1.82) is 0 Å². The number of nitrogens with zero attached hydrogens (tertiary/aromatic N) is 5. The Labute approximate surface area is 227 Å². The van der Waals surface area contributed by atoms with Crippen LogP contribution in [-0.2, 0) is 7.05 Å². The third-order valence-corrected chi connectivity index (χ3v) is 9.63. The second-order valence-corrected chi connectivity index (χ2v) is 12.1. The maximum Gasteiger partial charge on any atom is 0.161 e. The molecule has 1 unspecified atom stereocenters. The first-order valence-electron chi connectivity index (χ1n) is 14.4. The van der Waals surface area contributed by atoms with Crippen LogP contribution >= 0.6 is 0 Å². The van der Waals surface area contributed by atoms with Gasteiger partial charge in [-0.3, -0.25) is 0 Å².